The second kappa shape index (κ2) is 9.98. The highest BCUT2D eigenvalue weighted by atomic mass is 79.9. The van der Waals surface area contributed by atoms with Crippen LogP contribution < -0.4 is 0 Å². The van der Waals surface area contributed by atoms with E-state index < -0.39 is 0 Å². The van der Waals surface area contributed by atoms with Gasteiger partial charge in [-0.1, -0.05) is 81.5 Å². The van der Waals surface area contributed by atoms with Crippen molar-refractivity contribution in [2.45, 2.75) is 123 Å². The van der Waals surface area contributed by atoms with Crippen LogP contribution in [-0.4, -0.2) is 16.9 Å². The molecule has 4 aliphatic rings. The van der Waals surface area contributed by atoms with Gasteiger partial charge in [0.2, 0.25) is 0 Å². The summed E-state index contributed by atoms with van der Waals surface area (Å²) >= 11 is 3.37. The van der Waals surface area contributed by atoms with Gasteiger partial charge in [-0.25, -0.2) is 0 Å². The van der Waals surface area contributed by atoms with E-state index in [9.17, 15) is 4.79 Å². The van der Waals surface area contributed by atoms with Crippen molar-refractivity contribution in [3.05, 3.63) is 11.6 Å². The van der Waals surface area contributed by atoms with Crippen LogP contribution in [0.25, 0.3) is 0 Å². The van der Waals surface area contributed by atoms with Gasteiger partial charge in [0.05, 0.1) is 0 Å². The van der Waals surface area contributed by atoms with Crippen molar-refractivity contribution in [2.24, 2.45) is 46.3 Å². The first-order chi connectivity index (χ1) is 15.6. The fourth-order valence-electron chi connectivity index (χ4n) is 9.01. The molecular weight excluding hydrogens is 472 g/mol. The van der Waals surface area contributed by atoms with Gasteiger partial charge in [0.25, 0.3) is 0 Å². The van der Waals surface area contributed by atoms with Gasteiger partial charge in [-0.3, -0.25) is 4.79 Å². The number of hydrogen-bond donors (Lipinski definition) is 0. The molecule has 0 spiro atoms. The highest BCUT2D eigenvalue weighted by Gasteiger charge is 2.59. The predicted octanol–water partition coefficient (Wildman–Crippen LogP) is 8.72. The molecule has 0 aromatic rings. The molecule has 0 N–H and O–H groups in total. The summed E-state index contributed by atoms with van der Waals surface area (Å²) in [7, 11) is 0. The van der Waals surface area contributed by atoms with Crippen LogP contribution in [-0.2, 0) is 9.53 Å². The largest absolute Gasteiger partial charge is 0.461 e. The fourth-order valence-corrected chi connectivity index (χ4v) is 9.12. The Bertz CT molecular complexity index is 742. The maximum atomic E-state index is 12.1. The normalized spacial score (nSPS) is 42.1. The lowest BCUT2D eigenvalue weighted by molar-refractivity contribution is -0.150. The standard InChI is InChI=1S/C30H49BrO2/c1-19(2)8-7-9-20(3)25-12-13-26-24-11-10-22-18-23(33-28(32)21(4)31)14-16-29(22,5)27(24)15-17-30(25,26)6/h10,19-21,23-27H,7-9,11-18H2,1-6H3/t20-,21-,23+,24+,25-,26-,27-,29+,30-/m1/s1. The molecule has 3 heteroatoms. The summed E-state index contributed by atoms with van der Waals surface area (Å²) in [5.41, 5.74) is 2.49. The zero-order valence-corrected chi connectivity index (χ0v) is 23.8. The van der Waals surface area contributed by atoms with Gasteiger partial charge in [0, 0.05) is 6.42 Å². The van der Waals surface area contributed by atoms with E-state index in [1.807, 2.05) is 6.92 Å². The third kappa shape index (κ3) is 4.88. The zero-order valence-electron chi connectivity index (χ0n) is 22.2. The Labute approximate surface area is 212 Å². The summed E-state index contributed by atoms with van der Waals surface area (Å²) in [5.74, 6) is 5.14. The molecule has 188 valence electrons. The summed E-state index contributed by atoms with van der Waals surface area (Å²) in [4.78, 5) is 11.9. The van der Waals surface area contributed by atoms with E-state index in [4.69, 9.17) is 4.74 Å². The lowest BCUT2D eigenvalue weighted by atomic mass is 9.47. The Kier molecular flexibility index (Phi) is 7.79. The number of carbonyl (C=O) groups is 1. The van der Waals surface area contributed by atoms with E-state index in [2.05, 4.69) is 56.6 Å². The fraction of sp³-hybridized carbons (Fsp3) is 0.900. The highest BCUT2D eigenvalue weighted by Crippen LogP contribution is 2.67. The van der Waals surface area contributed by atoms with Gasteiger partial charge in [-0.15, -0.1) is 0 Å². The predicted molar refractivity (Wildman–Crippen MR) is 141 cm³/mol. The monoisotopic (exact) mass is 520 g/mol. The third-order valence-corrected chi connectivity index (χ3v) is 11.2. The molecule has 4 rings (SSSR count). The van der Waals surface area contributed by atoms with Crippen LogP contribution >= 0.6 is 15.9 Å². The van der Waals surface area contributed by atoms with E-state index in [1.165, 1.54) is 57.8 Å². The van der Waals surface area contributed by atoms with E-state index in [0.717, 1.165) is 48.3 Å². The molecule has 33 heavy (non-hydrogen) atoms. The summed E-state index contributed by atoms with van der Waals surface area (Å²) in [6.07, 6.45) is 17.1. The molecule has 0 radical (unpaired) electrons. The molecule has 3 fully saturated rings. The van der Waals surface area contributed by atoms with Crippen LogP contribution in [0.4, 0.5) is 0 Å². The quantitative estimate of drug-likeness (QED) is 0.190. The van der Waals surface area contributed by atoms with Crippen LogP contribution in [0.1, 0.15) is 112 Å². The molecule has 0 amide bonds. The summed E-state index contributed by atoms with van der Waals surface area (Å²) < 4.78 is 5.83. The van der Waals surface area contributed by atoms with Crippen LogP contribution in [0.2, 0.25) is 0 Å². The zero-order chi connectivity index (χ0) is 24.0. The van der Waals surface area contributed by atoms with Crippen LogP contribution in [0.5, 0.6) is 0 Å². The van der Waals surface area contributed by atoms with E-state index >= 15 is 0 Å². The smallest absolute Gasteiger partial charge is 0.319 e. The Balaban J connectivity index is 1.45. The van der Waals surface area contributed by atoms with Crippen molar-refractivity contribution < 1.29 is 9.53 Å². The van der Waals surface area contributed by atoms with Gasteiger partial charge in [-0.05, 0) is 98.2 Å². The van der Waals surface area contributed by atoms with Gasteiger partial charge < -0.3 is 4.74 Å². The maximum absolute atomic E-state index is 12.1. The first kappa shape index (κ1) is 25.8. The third-order valence-electron chi connectivity index (χ3n) is 10.9. The molecule has 0 aromatic carbocycles. The number of halogens is 1. The molecule has 0 aliphatic heterocycles. The highest BCUT2D eigenvalue weighted by molar-refractivity contribution is 9.10. The SMILES string of the molecule is CC(C)CCC[C@@H](C)[C@H]1CC[C@@H]2[C@@H]3CC=C4C[C@@H](OC(=O)[C@@H](C)Br)CC[C@]4(C)[C@@H]3CC[C@@]21C. The van der Waals surface area contributed by atoms with Crippen molar-refractivity contribution in [1.29, 1.82) is 0 Å². The van der Waals surface area contributed by atoms with E-state index in [1.54, 1.807) is 5.57 Å². The molecule has 0 saturated heterocycles. The molecule has 3 saturated carbocycles. The Hall–Kier alpha value is -0.310. The Morgan fingerprint density at radius 1 is 1.06 bits per heavy atom. The second-order valence-corrected chi connectivity index (χ2v) is 14.6. The topological polar surface area (TPSA) is 26.3 Å². The van der Waals surface area contributed by atoms with E-state index in [0.29, 0.717) is 10.8 Å². The average molecular weight is 522 g/mol. The molecule has 9 atom stereocenters. The summed E-state index contributed by atoms with van der Waals surface area (Å²) in [6, 6.07) is 0. The molecule has 0 bridgehead atoms. The number of allylic oxidation sites excluding steroid dienone is 1. The number of alkyl halides is 1. The lowest BCUT2D eigenvalue weighted by Gasteiger charge is -2.58. The number of fused-ring (bicyclic) bond motifs is 5. The number of rotatable bonds is 7. The molecule has 0 aromatic heterocycles. The first-order valence-electron chi connectivity index (χ1n) is 14.1. The van der Waals surface area contributed by atoms with Crippen molar-refractivity contribution >= 4 is 21.9 Å². The summed E-state index contributed by atoms with van der Waals surface area (Å²) in [5, 5.41) is 0. The minimum absolute atomic E-state index is 0.0739. The second-order valence-electron chi connectivity index (χ2n) is 13.2. The average Bonchev–Trinajstić information content (AvgIpc) is 3.11. The first-order valence-corrected chi connectivity index (χ1v) is 15.0. The van der Waals surface area contributed by atoms with Crippen LogP contribution in [0.15, 0.2) is 11.6 Å². The molecule has 0 unspecified atom stereocenters. The molecule has 2 nitrogen and oxygen atoms in total. The lowest BCUT2D eigenvalue weighted by Crippen LogP contribution is -2.51. The molecule has 0 heterocycles. The molecular formula is C30H49BrO2. The number of esters is 1. The Morgan fingerprint density at radius 2 is 1.82 bits per heavy atom. The number of ether oxygens (including phenoxy) is 1. The van der Waals surface area contributed by atoms with E-state index in [-0.39, 0.29) is 16.9 Å². The van der Waals surface area contributed by atoms with Gasteiger partial charge in [-0.2, -0.15) is 0 Å². The minimum Gasteiger partial charge on any atom is -0.461 e. The van der Waals surface area contributed by atoms with Crippen LogP contribution in [0.3, 0.4) is 0 Å². The van der Waals surface area contributed by atoms with Crippen molar-refractivity contribution in [3.8, 4) is 0 Å². The number of hydrogen-bond acceptors (Lipinski definition) is 2. The van der Waals surface area contributed by atoms with Crippen molar-refractivity contribution in [3.63, 3.8) is 0 Å². The maximum Gasteiger partial charge on any atom is 0.319 e. The van der Waals surface area contributed by atoms with Crippen molar-refractivity contribution in [2.75, 3.05) is 0 Å². The van der Waals surface area contributed by atoms with Gasteiger partial charge in [0.15, 0.2) is 0 Å². The van der Waals surface area contributed by atoms with Crippen LogP contribution in [0, 0.1) is 46.3 Å². The number of carbonyl (C=O) groups excluding carboxylic acids is 1. The van der Waals surface area contributed by atoms with Crippen molar-refractivity contribution in [1.82, 2.24) is 0 Å². The van der Waals surface area contributed by atoms with Gasteiger partial charge >= 0.3 is 5.97 Å². The van der Waals surface area contributed by atoms with Gasteiger partial charge in [0.1, 0.15) is 10.9 Å². The summed E-state index contributed by atoms with van der Waals surface area (Å²) in [6.45, 7) is 14.4. The Morgan fingerprint density at radius 3 is 2.52 bits per heavy atom. The molecule has 4 aliphatic carbocycles. The minimum atomic E-state index is -0.213.